The van der Waals surface area contributed by atoms with Crippen molar-refractivity contribution in [2.24, 2.45) is 5.73 Å². The average Bonchev–Trinajstić information content (AvgIpc) is 2.88. The molecule has 0 spiro atoms. The van der Waals surface area contributed by atoms with Crippen LogP contribution in [0.15, 0.2) is 30.5 Å². The minimum atomic E-state index is -0.0189. The average molecular weight is 260 g/mol. The molecule has 1 heterocycles. The number of hydrogen-bond donors (Lipinski definition) is 1. The topological polar surface area (TPSA) is 66.0 Å². The Labute approximate surface area is 113 Å². The van der Waals surface area contributed by atoms with Gasteiger partial charge in [0.1, 0.15) is 5.75 Å². The smallest absolute Gasteiger partial charge is 0.118 e. The summed E-state index contributed by atoms with van der Waals surface area (Å²) in [5.74, 6) is 0.855. The van der Waals surface area contributed by atoms with Crippen LogP contribution in [-0.2, 0) is 6.54 Å². The number of ether oxygens (including phenoxy) is 1. The normalized spacial score (nSPS) is 12.4. The molecular formula is C14H20N4O. The first-order valence-corrected chi connectivity index (χ1v) is 6.51. The molecule has 1 aromatic carbocycles. The number of nitrogens with zero attached hydrogens (tertiary/aromatic N) is 3. The molecule has 2 rings (SSSR count). The van der Waals surface area contributed by atoms with E-state index < -0.39 is 0 Å². The van der Waals surface area contributed by atoms with Gasteiger partial charge in [0.05, 0.1) is 31.6 Å². The van der Waals surface area contributed by atoms with Crippen molar-refractivity contribution in [3.63, 3.8) is 0 Å². The Morgan fingerprint density at radius 3 is 2.68 bits per heavy atom. The van der Waals surface area contributed by atoms with Gasteiger partial charge in [-0.25, -0.2) is 4.68 Å². The van der Waals surface area contributed by atoms with E-state index in [9.17, 15) is 0 Å². The van der Waals surface area contributed by atoms with Gasteiger partial charge in [0, 0.05) is 0 Å². The van der Waals surface area contributed by atoms with E-state index in [1.54, 1.807) is 7.11 Å². The monoisotopic (exact) mass is 260 g/mol. The van der Waals surface area contributed by atoms with Gasteiger partial charge in [-0.15, -0.1) is 5.10 Å². The molecule has 19 heavy (non-hydrogen) atoms. The fraction of sp³-hybridized carbons (Fsp3) is 0.429. The van der Waals surface area contributed by atoms with Crippen molar-refractivity contribution in [2.75, 3.05) is 7.11 Å². The van der Waals surface area contributed by atoms with Crippen molar-refractivity contribution in [1.82, 2.24) is 15.0 Å². The Bertz CT molecular complexity index is 506. The molecule has 1 unspecified atom stereocenters. The van der Waals surface area contributed by atoms with Crippen molar-refractivity contribution in [3.05, 3.63) is 41.7 Å². The SMILES string of the molecule is CCCC(N)c1cn(Cc2ccc(OC)cc2)nn1. The van der Waals surface area contributed by atoms with Gasteiger partial charge in [-0.3, -0.25) is 0 Å². The van der Waals surface area contributed by atoms with Gasteiger partial charge in [-0.2, -0.15) is 0 Å². The molecule has 0 bridgehead atoms. The maximum atomic E-state index is 6.02. The van der Waals surface area contributed by atoms with Crippen LogP contribution in [0, 0.1) is 0 Å². The van der Waals surface area contributed by atoms with E-state index in [0.29, 0.717) is 6.54 Å². The Morgan fingerprint density at radius 2 is 2.05 bits per heavy atom. The van der Waals surface area contributed by atoms with Crippen LogP contribution in [0.3, 0.4) is 0 Å². The fourth-order valence-corrected chi connectivity index (χ4v) is 1.94. The highest BCUT2D eigenvalue weighted by atomic mass is 16.5. The lowest BCUT2D eigenvalue weighted by Crippen LogP contribution is -2.10. The van der Waals surface area contributed by atoms with E-state index in [1.165, 1.54) is 0 Å². The van der Waals surface area contributed by atoms with Crippen LogP contribution in [0.25, 0.3) is 0 Å². The van der Waals surface area contributed by atoms with Crippen LogP contribution in [0.2, 0.25) is 0 Å². The summed E-state index contributed by atoms with van der Waals surface area (Å²) in [6, 6.07) is 7.90. The number of benzene rings is 1. The fourth-order valence-electron chi connectivity index (χ4n) is 1.94. The Morgan fingerprint density at radius 1 is 1.32 bits per heavy atom. The lowest BCUT2D eigenvalue weighted by molar-refractivity contribution is 0.414. The van der Waals surface area contributed by atoms with Crippen molar-refractivity contribution in [3.8, 4) is 5.75 Å². The Kier molecular flexibility index (Phi) is 4.52. The van der Waals surface area contributed by atoms with Crippen LogP contribution >= 0.6 is 0 Å². The highest BCUT2D eigenvalue weighted by molar-refractivity contribution is 5.27. The van der Waals surface area contributed by atoms with Gasteiger partial charge in [-0.1, -0.05) is 30.7 Å². The molecule has 0 fully saturated rings. The largest absolute Gasteiger partial charge is 0.497 e. The molecule has 2 N–H and O–H groups in total. The lowest BCUT2D eigenvalue weighted by atomic mass is 10.1. The minimum Gasteiger partial charge on any atom is -0.497 e. The maximum absolute atomic E-state index is 6.02. The molecule has 0 saturated carbocycles. The van der Waals surface area contributed by atoms with E-state index in [0.717, 1.165) is 29.8 Å². The second kappa shape index (κ2) is 6.33. The van der Waals surface area contributed by atoms with Crippen LogP contribution < -0.4 is 10.5 Å². The first kappa shape index (κ1) is 13.5. The predicted octanol–water partition coefficient (Wildman–Crippen LogP) is 2.13. The first-order chi connectivity index (χ1) is 9.22. The number of aromatic nitrogens is 3. The van der Waals surface area contributed by atoms with Crippen LogP contribution in [0.1, 0.15) is 37.1 Å². The lowest BCUT2D eigenvalue weighted by Gasteiger charge is -2.05. The van der Waals surface area contributed by atoms with Crippen LogP contribution in [0.5, 0.6) is 5.75 Å². The third-order valence-electron chi connectivity index (χ3n) is 3.04. The molecule has 2 aromatic rings. The number of methoxy groups -OCH3 is 1. The molecule has 0 amide bonds. The molecule has 0 aliphatic carbocycles. The predicted molar refractivity (Wildman–Crippen MR) is 74.0 cm³/mol. The van der Waals surface area contributed by atoms with Crippen LogP contribution in [0.4, 0.5) is 0 Å². The number of rotatable bonds is 6. The van der Waals surface area contributed by atoms with Crippen LogP contribution in [-0.4, -0.2) is 22.1 Å². The molecule has 0 aliphatic rings. The molecule has 0 aliphatic heterocycles. The molecule has 1 aromatic heterocycles. The van der Waals surface area contributed by atoms with Gasteiger partial charge in [0.25, 0.3) is 0 Å². The van der Waals surface area contributed by atoms with Gasteiger partial charge in [0.2, 0.25) is 0 Å². The van der Waals surface area contributed by atoms with E-state index in [-0.39, 0.29) is 6.04 Å². The van der Waals surface area contributed by atoms with Gasteiger partial charge in [-0.05, 0) is 24.1 Å². The zero-order chi connectivity index (χ0) is 13.7. The first-order valence-electron chi connectivity index (χ1n) is 6.51. The van der Waals surface area contributed by atoms with Crippen molar-refractivity contribution < 1.29 is 4.74 Å². The number of hydrogen-bond acceptors (Lipinski definition) is 4. The van der Waals surface area contributed by atoms with Gasteiger partial charge in [0.15, 0.2) is 0 Å². The molecule has 1 atom stereocenters. The van der Waals surface area contributed by atoms with Gasteiger partial charge < -0.3 is 10.5 Å². The van der Waals surface area contributed by atoms with E-state index in [4.69, 9.17) is 10.5 Å². The maximum Gasteiger partial charge on any atom is 0.118 e. The van der Waals surface area contributed by atoms with Crippen molar-refractivity contribution >= 4 is 0 Å². The molecule has 102 valence electrons. The second-order valence-electron chi connectivity index (χ2n) is 4.58. The third-order valence-corrected chi connectivity index (χ3v) is 3.04. The van der Waals surface area contributed by atoms with E-state index in [2.05, 4.69) is 17.2 Å². The van der Waals surface area contributed by atoms with E-state index >= 15 is 0 Å². The minimum absolute atomic E-state index is 0.0189. The summed E-state index contributed by atoms with van der Waals surface area (Å²) in [5.41, 5.74) is 8.03. The molecular weight excluding hydrogens is 240 g/mol. The van der Waals surface area contributed by atoms with Gasteiger partial charge >= 0.3 is 0 Å². The summed E-state index contributed by atoms with van der Waals surface area (Å²) >= 11 is 0. The highest BCUT2D eigenvalue weighted by Crippen LogP contribution is 2.14. The molecule has 0 radical (unpaired) electrons. The highest BCUT2D eigenvalue weighted by Gasteiger charge is 2.09. The Balaban J connectivity index is 2.02. The Hall–Kier alpha value is -1.88. The second-order valence-corrected chi connectivity index (χ2v) is 4.58. The molecule has 0 saturated heterocycles. The van der Waals surface area contributed by atoms with Crippen molar-refractivity contribution in [2.45, 2.75) is 32.4 Å². The number of nitrogens with two attached hydrogens (primary N) is 1. The summed E-state index contributed by atoms with van der Waals surface area (Å²) < 4.78 is 6.94. The summed E-state index contributed by atoms with van der Waals surface area (Å²) in [6.45, 7) is 2.80. The quantitative estimate of drug-likeness (QED) is 0.864. The summed E-state index contributed by atoms with van der Waals surface area (Å²) in [7, 11) is 1.66. The molecule has 5 heteroatoms. The van der Waals surface area contributed by atoms with E-state index in [1.807, 2.05) is 35.1 Å². The summed E-state index contributed by atoms with van der Waals surface area (Å²) in [5, 5.41) is 8.24. The third kappa shape index (κ3) is 3.54. The zero-order valence-electron chi connectivity index (χ0n) is 11.4. The zero-order valence-corrected chi connectivity index (χ0v) is 11.4. The standard InChI is InChI=1S/C14H20N4O/c1-3-4-13(15)14-10-18(17-16-14)9-11-5-7-12(19-2)8-6-11/h5-8,10,13H,3-4,9,15H2,1-2H3. The van der Waals surface area contributed by atoms with Crippen molar-refractivity contribution in [1.29, 1.82) is 0 Å². The summed E-state index contributed by atoms with van der Waals surface area (Å²) in [4.78, 5) is 0. The summed E-state index contributed by atoms with van der Waals surface area (Å²) in [6.07, 6.45) is 3.90. The molecule has 5 nitrogen and oxygen atoms in total.